The van der Waals surface area contributed by atoms with Crippen LogP contribution in [0.3, 0.4) is 0 Å². The highest BCUT2D eigenvalue weighted by Gasteiger charge is 2.20. The van der Waals surface area contributed by atoms with Gasteiger partial charge in [-0.25, -0.2) is 4.79 Å². The summed E-state index contributed by atoms with van der Waals surface area (Å²) in [4.78, 5) is 11.5. The first-order valence-corrected chi connectivity index (χ1v) is 6.37. The summed E-state index contributed by atoms with van der Waals surface area (Å²) in [7, 11) is -4.26. The van der Waals surface area contributed by atoms with E-state index in [0.29, 0.717) is 4.88 Å². The zero-order chi connectivity index (χ0) is 11.6. The summed E-state index contributed by atoms with van der Waals surface area (Å²) in [5.41, 5.74) is 0. The van der Waals surface area contributed by atoms with Gasteiger partial charge in [0.15, 0.2) is 0 Å². The standard InChI is InChI=1S/C8H10O5S2/c1-3-13-8(9)6-4-7(5(2)14-6)15(10,11)12/h4H,3H2,1-2H3,(H,10,11,12). The molecule has 0 fully saturated rings. The minimum Gasteiger partial charge on any atom is -0.462 e. The van der Waals surface area contributed by atoms with Crippen molar-refractivity contribution in [3.05, 3.63) is 15.8 Å². The van der Waals surface area contributed by atoms with E-state index in [1.165, 1.54) is 6.92 Å². The number of hydrogen-bond acceptors (Lipinski definition) is 5. The van der Waals surface area contributed by atoms with Gasteiger partial charge in [0.25, 0.3) is 10.1 Å². The van der Waals surface area contributed by atoms with E-state index in [9.17, 15) is 13.2 Å². The number of aryl methyl sites for hydroxylation is 1. The molecule has 0 saturated heterocycles. The molecule has 1 aromatic rings. The maximum atomic E-state index is 11.2. The van der Waals surface area contributed by atoms with Crippen LogP contribution >= 0.6 is 11.3 Å². The molecule has 1 aromatic heterocycles. The Balaban J connectivity index is 3.12. The Kier molecular flexibility index (Phi) is 3.48. The Labute approximate surface area is 91.4 Å². The maximum Gasteiger partial charge on any atom is 0.348 e. The van der Waals surface area contributed by atoms with Gasteiger partial charge >= 0.3 is 5.97 Å². The van der Waals surface area contributed by atoms with E-state index >= 15 is 0 Å². The molecule has 0 atom stereocenters. The number of carbonyl (C=O) groups is 1. The van der Waals surface area contributed by atoms with Crippen LogP contribution in [0.4, 0.5) is 0 Å². The average molecular weight is 250 g/mol. The number of thiophene rings is 1. The summed E-state index contributed by atoms with van der Waals surface area (Å²) in [5, 5.41) is 0. The predicted molar refractivity (Wildman–Crippen MR) is 54.8 cm³/mol. The lowest BCUT2D eigenvalue weighted by atomic mass is 10.4. The van der Waals surface area contributed by atoms with Crippen molar-refractivity contribution < 1.29 is 22.5 Å². The third-order valence-corrected chi connectivity index (χ3v) is 3.77. The normalized spacial score (nSPS) is 11.4. The molecule has 0 saturated carbocycles. The van der Waals surface area contributed by atoms with Gasteiger partial charge in [-0.3, -0.25) is 4.55 Å². The van der Waals surface area contributed by atoms with Crippen molar-refractivity contribution in [2.45, 2.75) is 18.7 Å². The highest BCUT2D eigenvalue weighted by Crippen LogP contribution is 2.25. The van der Waals surface area contributed by atoms with Crippen molar-refractivity contribution in [1.29, 1.82) is 0 Å². The van der Waals surface area contributed by atoms with Crippen molar-refractivity contribution in [3.63, 3.8) is 0 Å². The molecule has 0 radical (unpaired) electrons. The molecular formula is C8H10O5S2. The number of esters is 1. The van der Waals surface area contributed by atoms with Gasteiger partial charge in [0, 0.05) is 4.88 Å². The zero-order valence-corrected chi connectivity index (χ0v) is 9.81. The molecule has 0 aromatic carbocycles. The van der Waals surface area contributed by atoms with Crippen LogP contribution in [-0.2, 0) is 14.9 Å². The molecule has 7 heteroatoms. The van der Waals surface area contributed by atoms with E-state index in [4.69, 9.17) is 9.29 Å². The monoisotopic (exact) mass is 250 g/mol. The molecule has 0 bridgehead atoms. The van der Waals surface area contributed by atoms with Crippen LogP contribution in [0.5, 0.6) is 0 Å². The van der Waals surface area contributed by atoms with Crippen LogP contribution in [0.1, 0.15) is 21.5 Å². The van der Waals surface area contributed by atoms with Crippen LogP contribution in [0.15, 0.2) is 11.0 Å². The van der Waals surface area contributed by atoms with Gasteiger partial charge in [-0.1, -0.05) is 0 Å². The van der Waals surface area contributed by atoms with Gasteiger partial charge in [0.2, 0.25) is 0 Å². The number of rotatable bonds is 3. The number of ether oxygens (including phenoxy) is 1. The van der Waals surface area contributed by atoms with Gasteiger partial charge in [-0.05, 0) is 19.9 Å². The molecule has 0 amide bonds. The molecular weight excluding hydrogens is 240 g/mol. The fourth-order valence-electron chi connectivity index (χ4n) is 1.02. The predicted octanol–water partition coefficient (Wildman–Crippen LogP) is 1.48. The SMILES string of the molecule is CCOC(=O)c1cc(S(=O)(=O)O)c(C)s1. The van der Waals surface area contributed by atoms with E-state index in [1.807, 2.05) is 0 Å². The Bertz CT molecular complexity index is 471. The Morgan fingerprint density at radius 3 is 2.60 bits per heavy atom. The number of hydrogen-bond donors (Lipinski definition) is 1. The summed E-state index contributed by atoms with van der Waals surface area (Å²) in [6, 6.07) is 1.12. The second-order valence-corrected chi connectivity index (χ2v) is 5.37. The van der Waals surface area contributed by atoms with E-state index in [1.54, 1.807) is 6.92 Å². The first-order valence-electron chi connectivity index (χ1n) is 4.11. The van der Waals surface area contributed by atoms with E-state index in [0.717, 1.165) is 17.4 Å². The molecule has 1 N–H and O–H groups in total. The van der Waals surface area contributed by atoms with Gasteiger partial charge in [-0.2, -0.15) is 8.42 Å². The zero-order valence-electron chi connectivity index (χ0n) is 8.18. The molecule has 0 spiro atoms. The molecule has 0 aliphatic heterocycles. The fourth-order valence-corrected chi connectivity index (χ4v) is 2.98. The van der Waals surface area contributed by atoms with Gasteiger partial charge in [0.1, 0.15) is 9.77 Å². The summed E-state index contributed by atoms with van der Waals surface area (Å²) >= 11 is 0.976. The Morgan fingerprint density at radius 1 is 1.60 bits per heavy atom. The maximum absolute atomic E-state index is 11.2. The van der Waals surface area contributed by atoms with Crippen LogP contribution in [0.25, 0.3) is 0 Å². The molecule has 84 valence electrons. The van der Waals surface area contributed by atoms with Crippen molar-refractivity contribution in [3.8, 4) is 0 Å². The topological polar surface area (TPSA) is 80.7 Å². The third-order valence-electron chi connectivity index (χ3n) is 1.63. The van der Waals surface area contributed by atoms with Crippen molar-refractivity contribution in [1.82, 2.24) is 0 Å². The first-order chi connectivity index (χ1) is 6.86. The molecule has 1 heterocycles. The smallest absolute Gasteiger partial charge is 0.348 e. The highest BCUT2D eigenvalue weighted by molar-refractivity contribution is 7.86. The van der Waals surface area contributed by atoms with Crippen molar-refractivity contribution >= 4 is 27.4 Å². The summed E-state index contributed by atoms with van der Waals surface area (Å²) in [5.74, 6) is -0.583. The quantitative estimate of drug-likeness (QED) is 0.649. The van der Waals surface area contributed by atoms with E-state index in [2.05, 4.69) is 0 Å². The van der Waals surface area contributed by atoms with Gasteiger partial charge in [-0.15, -0.1) is 11.3 Å². The van der Waals surface area contributed by atoms with Crippen molar-refractivity contribution in [2.24, 2.45) is 0 Å². The molecule has 0 aliphatic rings. The summed E-state index contributed by atoms with van der Waals surface area (Å²) in [6.07, 6.45) is 0. The minimum absolute atomic E-state index is 0.168. The molecule has 1 rings (SSSR count). The lowest BCUT2D eigenvalue weighted by Gasteiger charge is -1.96. The largest absolute Gasteiger partial charge is 0.462 e. The summed E-state index contributed by atoms with van der Waals surface area (Å²) < 4.78 is 35.2. The third kappa shape index (κ3) is 2.77. The summed E-state index contributed by atoms with van der Waals surface area (Å²) in [6.45, 7) is 3.38. The second-order valence-electron chi connectivity index (χ2n) is 2.73. The van der Waals surface area contributed by atoms with Gasteiger partial charge < -0.3 is 4.74 Å². The molecule has 15 heavy (non-hydrogen) atoms. The Hall–Kier alpha value is -0.920. The average Bonchev–Trinajstić information content (AvgIpc) is 2.47. The molecule has 0 unspecified atom stereocenters. The molecule has 0 aliphatic carbocycles. The minimum atomic E-state index is -4.26. The molecule has 5 nitrogen and oxygen atoms in total. The number of carbonyl (C=O) groups excluding carboxylic acids is 1. The lowest BCUT2D eigenvalue weighted by molar-refractivity contribution is 0.0532. The second kappa shape index (κ2) is 4.30. The highest BCUT2D eigenvalue weighted by atomic mass is 32.2. The van der Waals surface area contributed by atoms with E-state index in [-0.39, 0.29) is 16.4 Å². The van der Waals surface area contributed by atoms with Crippen LogP contribution in [0, 0.1) is 6.92 Å². The first kappa shape index (κ1) is 12.2. The van der Waals surface area contributed by atoms with Crippen LogP contribution in [0.2, 0.25) is 0 Å². The Morgan fingerprint density at radius 2 is 2.20 bits per heavy atom. The van der Waals surface area contributed by atoms with Gasteiger partial charge in [0.05, 0.1) is 6.61 Å². The lowest BCUT2D eigenvalue weighted by Crippen LogP contribution is -2.02. The van der Waals surface area contributed by atoms with Crippen LogP contribution in [-0.4, -0.2) is 25.5 Å². The van der Waals surface area contributed by atoms with Crippen LogP contribution < -0.4 is 0 Å². The van der Waals surface area contributed by atoms with E-state index < -0.39 is 16.1 Å². The fraction of sp³-hybridized carbons (Fsp3) is 0.375. The van der Waals surface area contributed by atoms with Crippen molar-refractivity contribution in [2.75, 3.05) is 6.61 Å².